The first kappa shape index (κ1) is 18.3. The van der Waals surface area contributed by atoms with Gasteiger partial charge in [-0.2, -0.15) is 15.0 Å². The Morgan fingerprint density at radius 2 is 1.89 bits per heavy atom. The molecule has 0 unspecified atom stereocenters. The van der Waals surface area contributed by atoms with Gasteiger partial charge in [0.2, 0.25) is 0 Å². The van der Waals surface area contributed by atoms with Crippen molar-refractivity contribution in [1.82, 2.24) is 9.78 Å². The van der Waals surface area contributed by atoms with E-state index in [0.717, 1.165) is 14.7 Å². The van der Waals surface area contributed by atoms with E-state index in [1.54, 1.807) is 36.4 Å². The van der Waals surface area contributed by atoms with Crippen LogP contribution in [0.4, 0.5) is 0 Å². The van der Waals surface area contributed by atoms with E-state index in [0.29, 0.717) is 5.69 Å². The van der Waals surface area contributed by atoms with Crippen LogP contribution in [0.3, 0.4) is 0 Å². The average Bonchev–Trinajstić information content (AvgIpc) is 2.66. The van der Waals surface area contributed by atoms with Crippen LogP contribution in [0.25, 0.3) is 17.8 Å². The van der Waals surface area contributed by atoms with Crippen LogP contribution in [0.2, 0.25) is 0 Å². The van der Waals surface area contributed by atoms with E-state index in [1.165, 1.54) is 6.08 Å². The van der Waals surface area contributed by atoms with Gasteiger partial charge < -0.3 is 5.11 Å². The minimum Gasteiger partial charge on any atom is -0.476 e. The fourth-order valence-electron chi connectivity index (χ4n) is 2.50. The molecule has 2 aromatic carbocycles. The lowest BCUT2D eigenvalue weighted by Crippen LogP contribution is -2.28. The number of halogens is 1. The number of nitriles is 1. The first-order valence-electron chi connectivity index (χ1n) is 7.81. The molecule has 0 saturated heterocycles. The molecule has 0 amide bonds. The van der Waals surface area contributed by atoms with Gasteiger partial charge in [0.1, 0.15) is 11.6 Å². The van der Waals surface area contributed by atoms with Gasteiger partial charge in [0.05, 0.1) is 5.69 Å². The van der Waals surface area contributed by atoms with Gasteiger partial charge in [-0.25, -0.2) is 4.79 Å². The fraction of sp³-hybridized carbons (Fsp3) is 0. The molecule has 0 atom stereocenters. The Kier molecular flexibility index (Phi) is 5.29. The molecular weight excluding hydrogens is 410 g/mol. The number of carboxylic acid groups (broad SMARTS) is 1. The van der Waals surface area contributed by atoms with Crippen molar-refractivity contribution in [3.8, 4) is 11.8 Å². The Bertz CT molecular complexity index is 1150. The number of nitrogens with zero attached hydrogens (tertiary/aromatic N) is 3. The van der Waals surface area contributed by atoms with Crippen LogP contribution in [-0.2, 0) is 0 Å². The SMILES string of the molecule is N#Cc1c(/C=C\c2cccc(Br)c2)c(C(=O)O)nn(-c2ccccc2)c1=O. The van der Waals surface area contributed by atoms with Crippen molar-refractivity contribution in [2.24, 2.45) is 0 Å². The maximum atomic E-state index is 12.7. The first-order chi connectivity index (χ1) is 13.0. The molecule has 132 valence electrons. The Balaban J connectivity index is 2.22. The highest BCUT2D eigenvalue weighted by atomic mass is 79.9. The molecule has 0 bridgehead atoms. The molecule has 27 heavy (non-hydrogen) atoms. The molecule has 0 fully saturated rings. The predicted molar refractivity (Wildman–Crippen MR) is 105 cm³/mol. The van der Waals surface area contributed by atoms with Gasteiger partial charge in [-0.05, 0) is 29.8 Å². The van der Waals surface area contributed by atoms with Gasteiger partial charge in [-0.15, -0.1) is 0 Å². The second-order valence-electron chi connectivity index (χ2n) is 5.50. The summed E-state index contributed by atoms with van der Waals surface area (Å²) in [5.41, 5.74) is -0.204. The lowest BCUT2D eigenvalue weighted by atomic mass is 10.1. The van der Waals surface area contributed by atoms with Crippen molar-refractivity contribution in [1.29, 1.82) is 5.26 Å². The zero-order valence-corrected chi connectivity index (χ0v) is 15.4. The van der Waals surface area contributed by atoms with E-state index in [9.17, 15) is 20.0 Å². The third-order valence-electron chi connectivity index (χ3n) is 3.74. The standard InChI is InChI=1S/C20H12BrN3O3/c21-14-6-4-5-13(11-14)9-10-16-17(12-22)19(25)24(23-18(16)20(26)27)15-7-2-1-3-8-15/h1-11H,(H,26,27)/b10-9-. The van der Waals surface area contributed by atoms with Crippen molar-refractivity contribution in [3.63, 3.8) is 0 Å². The van der Waals surface area contributed by atoms with Crippen LogP contribution >= 0.6 is 15.9 Å². The van der Waals surface area contributed by atoms with Gasteiger partial charge in [-0.1, -0.05) is 58.4 Å². The number of carboxylic acids is 1. The number of rotatable bonds is 4. The molecule has 3 rings (SSSR count). The summed E-state index contributed by atoms with van der Waals surface area (Å²) in [6.07, 6.45) is 3.05. The van der Waals surface area contributed by atoms with Gasteiger partial charge >= 0.3 is 5.97 Å². The zero-order valence-electron chi connectivity index (χ0n) is 13.8. The molecule has 0 aliphatic carbocycles. The number of aromatic nitrogens is 2. The van der Waals surface area contributed by atoms with Gasteiger partial charge in [0.25, 0.3) is 5.56 Å². The minimum absolute atomic E-state index is 0.0258. The smallest absolute Gasteiger partial charge is 0.357 e. The second kappa shape index (κ2) is 7.81. The van der Waals surface area contributed by atoms with Gasteiger partial charge in [0, 0.05) is 10.0 Å². The van der Waals surface area contributed by atoms with Crippen LogP contribution < -0.4 is 5.56 Å². The first-order valence-corrected chi connectivity index (χ1v) is 8.60. The molecule has 7 heteroatoms. The molecule has 0 saturated carbocycles. The van der Waals surface area contributed by atoms with Gasteiger partial charge in [0.15, 0.2) is 5.69 Å². The van der Waals surface area contributed by atoms with Crippen LogP contribution in [0, 0.1) is 11.3 Å². The topological polar surface area (TPSA) is 96.0 Å². The average molecular weight is 422 g/mol. The number of hydrogen-bond donors (Lipinski definition) is 1. The Labute approximate surface area is 162 Å². The number of carbonyl (C=O) groups is 1. The molecule has 3 aromatic rings. The number of benzene rings is 2. The Hall–Kier alpha value is -3.50. The number of para-hydroxylation sites is 1. The van der Waals surface area contributed by atoms with Crippen molar-refractivity contribution in [2.45, 2.75) is 0 Å². The van der Waals surface area contributed by atoms with Crippen LogP contribution in [-0.4, -0.2) is 20.9 Å². The molecule has 1 heterocycles. The fourth-order valence-corrected chi connectivity index (χ4v) is 2.92. The highest BCUT2D eigenvalue weighted by Crippen LogP contribution is 2.18. The third-order valence-corrected chi connectivity index (χ3v) is 4.23. The van der Waals surface area contributed by atoms with Crippen molar-refractivity contribution in [2.75, 3.05) is 0 Å². The summed E-state index contributed by atoms with van der Waals surface area (Å²) in [7, 11) is 0. The molecule has 1 N–H and O–H groups in total. The highest BCUT2D eigenvalue weighted by molar-refractivity contribution is 9.10. The van der Waals surface area contributed by atoms with E-state index in [2.05, 4.69) is 21.0 Å². The van der Waals surface area contributed by atoms with Gasteiger partial charge in [-0.3, -0.25) is 4.79 Å². The Morgan fingerprint density at radius 1 is 1.15 bits per heavy atom. The van der Waals surface area contributed by atoms with Crippen molar-refractivity contribution in [3.05, 3.63) is 91.8 Å². The van der Waals surface area contributed by atoms with E-state index in [1.807, 2.05) is 30.3 Å². The third kappa shape index (κ3) is 3.86. The van der Waals surface area contributed by atoms with E-state index >= 15 is 0 Å². The monoisotopic (exact) mass is 421 g/mol. The molecule has 0 spiro atoms. The number of hydrogen-bond acceptors (Lipinski definition) is 4. The molecule has 0 radical (unpaired) electrons. The number of aromatic carboxylic acids is 1. The molecular formula is C20H12BrN3O3. The van der Waals surface area contributed by atoms with Crippen LogP contribution in [0.15, 0.2) is 63.9 Å². The van der Waals surface area contributed by atoms with Crippen LogP contribution in [0.5, 0.6) is 0 Å². The van der Waals surface area contributed by atoms with Crippen molar-refractivity contribution < 1.29 is 9.90 Å². The highest BCUT2D eigenvalue weighted by Gasteiger charge is 2.20. The maximum Gasteiger partial charge on any atom is 0.357 e. The molecule has 0 aliphatic rings. The zero-order chi connectivity index (χ0) is 19.4. The van der Waals surface area contributed by atoms with E-state index in [4.69, 9.17) is 0 Å². The normalized spacial score (nSPS) is 10.7. The summed E-state index contributed by atoms with van der Waals surface area (Å²) in [4.78, 5) is 24.4. The summed E-state index contributed by atoms with van der Waals surface area (Å²) < 4.78 is 1.78. The van der Waals surface area contributed by atoms with E-state index in [-0.39, 0.29) is 16.8 Å². The van der Waals surface area contributed by atoms with Crippen molar-refractivity contribution >= 4 is 34.1 Å². The second-order valence-corrected chi connectivity index (χ2v) is 6.41. The summed E-state index contributed by atoms with van der Waals surface area (Å²) in [5.74, 6) is -1.33. The summed E-state index contributed by atoms with van der Waals surface area (Å²) in [5, 5.41) is 23.0. The van der Waals surface area contributed by atoms with Crippen LogP contribution in [0.1, 0.15) is 27.2 Å². The van der Waals surface area contributed by atoms with E-state index < -0.39 is 11.5 Å². The lowest BCUT2D eigenvalue weighted by Gasteiger charge is -2.09. The lowest BCUT2D eigenvalue weighted by molar-refractivity contribution is 0.0688. The Morgan fingerprint density at radius 3 is 2.52 bits per heavy atom. The predicted octanol–water partition coefficient (Wildman–Crippen LogP) is 3.74. The largest absolute Gasteiger partial charge is 0.476 e. The maximum absolute atomic E-state index is 12.7. The molecule has 6 nitrogen and oxygen atoms in total. The molecule has 0 aliphatic heterocycles. The quantitative estimate of drug-likeness (QED) is 0.691. The summed E-state index contributed by atoms with van der Waals surface area (Å²) in [6, 6.07) is 17.5. The summed E-state index contributed by atoms with van der Waals surface area (Å²) >= 11 is 3.36. The minimum atomic E-state index is -1.33. The molecule has 1 aromatic heterocycles. The summed E-state index contributed by atoms with van der Waals surface area (Å²) in [6.45, 7) is 0.